The van der Waals surface area contributed by atoms with Gasteiger partial charge in [-0.2, -0.15) is 0 Å². The molecule has 1 rings (SSSR count). The van der Waals surface area contributed by atoms with E-state index in [1.54, 1.807) is 18.2 Å². The first-order valence-electron chi connectivity index (χ1n) is 4.47. The van der Waals surface area contributed by atoms with Crippen LogP contribution in [0.5, 0.6) is 0 Å². The molecule has 1 aromatic rings. The summed E-state index contributed by atoms with van der Waals surface area (Å²) in [6.45, 7) is 1.85. The van der Waals surface area contributed by atoms with Crippen molar-refractivity contribution in [2.45, 2.75) is 6.92 Å². The number of aryl methyl sites for hydroxylation is 1. The summed E-state index contributed by atoms with van der Waals surface area (Å²) in [5.74, 6) is -1.68. The largest absolute Gasteiger partial charge is 0.478 e. The van der Waals surface area contributed by atoms with Gasteiger partial charge in [-0.25, -0.2) is 4.79 Å². The van der Waals surface area contributed by atoms with Gasteiger partial charge < -0.3 is 10.4 Å². The normalized spacial score (nSPS) is 10.4. The van der Waals surface area contributed by atoms with Crippen LogP contribution in [-0.4, -0.2) is 17.0 Å². The molecule has 0 aliphatic rings. The molecule has 0 aliphatic carbocycles. The zero-order valence-electron chi connectivity index (χ0n) is 8.53. The molecule has 84 valence electrons. The van der Waals surface area contributed by atoms with Crippen LogP contribution < -0.4 is 5.32 Å². The summed E-state index contributed by atoms with van der Waals surface area (Å²) in [5, 5.41) is 11.4. The maximum absolute atomic E-state index is 11.2. The van der Waals surface area contributed by atoms with E-state index in [-0.39, 0.29) is 0 Å². The Balaban J connectivity index is 2.70. The van der Waals surface area contributed by atoms with E-state index in [0.717, 1.165) is 17.7 Å². The fraction of sp³-hybridized carbons (Fsp3) is 0.0909. The number of carboxylic acids is 1. The Morgan fingerprint density at radius 3 is 2.62 bits per heavy atom. The van der Waals surface area contributed by atoms with E-state index in [1.165, 1.54) is 0 Å². The highest BCUT2D eigenvalue weighted by atomic mass is 35.5. The van der Waals surface area contributed by atoms with Gasteiger partial charge in [0.05, 0.1) is 0 Å². The molecule has 2 N–H and O–H groups in total. The van der Waals surface area contributed by atoms with Crippen LogP contribution in [0.25, 0.3) is 0 Å². The number of amides is 1. The highest BCUT2D eigenvalue weighted by Gasteiger charge is 2.01. The maximum Gasteiger partial charge on any atom is 0.328 e. The molecule has 1 aromatic carbocycles. The van der Waals surface area contributed by atoms with Gasteiger partial charge in [0.2, 0.25) is 5.91 Å². The number of hydrogen-bond donors (Lipinski definition) is 2. The number of nitrogens with one attached hydrogen (secondary N) is 1. The van der Waals surface area contributed by atoms with Crippen molar-refractivity contribution in [3.05, 3.63) is 40.9 Å². The van der Waals surface area contributed by atoms with Crippen LogP contribution in [0.15, 0.2) is 30.4 Å². The first-order chi connectivity index (χ1) is 7.49. The minimum atomic E-state index is -1.17. The lowest BCUT2D eigenvalue weighted by molar-refractivity contribution is -0.131. The zero-order valence-corrected chi connectivity index (χ0v) is 9.28. The molecule has 0 spiro atoms. The Kier molecular flexibility index (Phi) is 4.08. The molecule has 0 heterocycles. The number of carbonyl (C=O) groups is 2. The third-order valence-electron chi connectivity index (χ3n) is 1.82. The molecule has 0 fully saturated rings. The van der Waals surface area contributed by atoms with Gasteiger partial charge in [0.25, 0.3) is 0 Å². The average Bonchev–Trinajstić information content (AvgIpc) is 2.21. The van der Waals surface area contributed by atoms with Gasteiger partial charge in [-0.1, -0.05) is 17.7 Å². The Morgan fingerprint density at radius 2 is 2.06 bits per heavy atom. The molecule has 5 heteroatoms. The number of benzene rings is 1. The molecular weight excluding hydrogens is 230 g/mol. The monoisotopic (exact) mass is 239 g/mol. The van der Waals surface area contributed by atoms with E-state index in [4.69, 9.17) is 16.7 Å². The van der Waals surface area contributed by atoms with Gasteiger partial charge in [0, 0.05) is 22.9 Å². The summed E-state index contributed by atoms with van der Waals surface area (Å²) in [4.78, 5) is 21.4. The van der Waals surface area contributed by atoms with Crippen molar-refractivity contribution < 1.29 is 14.7 Å². The Hall–Kier alpha value is -1.81. The third kappa shape index (κ3) is 3.74. The number of rotatable bonds is 3. The van der Waals surface area contributed by atoms with Gasteiger partial charge in [-0.05, 0) is 24.6 Å². The van der Waals surface area contributed by atoms with Gasteiger partial charge in [-0.15, -0.1) is 0 Å². The number of anilines is 1. The second kappa shape index (κ2) is 5.32. The lowest BCUT2D eigenvalue weighted by Crippen LogP contribution is -2.08. The quantitative estimate of drug-likeness (QED) is 0.795. The molecule has 0 unspecified atom stereocenters. The number of aliphatic carboxylic acids is 1. The van der Waals surface area contributed by atoms with E-state index < -0.39 is 11.9 Å². The lowest BCUT2D eigenvalue weighted by Gasteiger charge is -2.04. The number of carboxylic acid groups (broad SMARTS) is 1. The van der Waals surface area contributed by atoms with Gasteiger partial charge in [0.15, 0.2) is 0 Å². The smallest absolute Gasteiger partial charge is 0.328 e. The first kappa shape index (κ1) is 12.3. The molecular formula is C11H10ClNO3. The molecule has 0 radical (unpaired) electrons. The van der Waals surface area contributed by atoms with Crippen LogP contribution >= 0.6 is 11.6 Å². The molecule has 0 aromatic heterocycles. The molecule has 0 aliphatic heterocycles. The van der Waals surface area contributed by atoms with Crippen molar-refractivity contribution in [2.75, 3.05) is 5.32 Å². The summed E-state index contributed by atoms with van der Waals surface area (Å²) in [6, 6.07) is 5.05. The van der Waals surface area contributed by atoms with E-state index in [9.17, 15) is 9.59 Å². The van der Waals surface area contributed by atoms with Gasteiger partial charge >= 0.3 is 5.97 Å². The van der Waals surface area contributed by atoms with Crippen LogP contribution in [-0.2, 0) is 9.59 Å². The van der Waals surface area contributed by atoms with Crippen LogP contribution in [0, 0.1) is 6.92 Å². The standard InChI is InChI=1S/C11H10ClNO3/c1-7-2-3-8(6-9(7)12)13-10(14)4-5-11(15)16/h2-6H,1H3,(H,13,14)(H,15,16)/b5-4+. The molecule has 0 saturated carbocycles. The SMILES string of the molecule is Cc1ccc(NC(=O)/C=C/C(=O)O)cc1Cl. The lowest BCUT2D eigenvalue weighted by atomic mass is 10.2. The van der Waals surface area contributed by atoms with Crippen LogP contribution in [0.2, 0.25) is 5.02 Å². The summed E-state index contributed by atoms with van der Waals surface area (Å²) >= 11 is 5.86. The molecule has 0 atom stereocenters. The summed E-state index contributed by atoms with van der Waals surface area (Å²) in [5.41, 5.74) is 1.43. The van der Waals surface area contributed by atoms with E-state index in [1.807, 2.05) is 6.92 Å². The summed E-state index contributed by atoms with van der Waals surface area (Å²) in [7, 11) is 0. The Labute approximate surface area is 97.5 Å². The highest BCUT2D eigenvalue weighted by Crippen LogP contribution is 2.19. The fourth-order valence-corrected chi connectivity index (χ4v) is 1.18. The molecule has 0 saturated heterocycles. The fourth-order valence-electron chi connectivity index (χ4n) is 1.00. The second-order valence-corrected chi connectivity index (χ2v) is 3.53. The molecule has 0 bridgehead atoms. The molecule has 16 heavy (non-hydrogen) atoms. The van der Waals surface area contributed by atoms with Crippen molar-refractivity contribution in [1.82, 2.24) is 0 Å². The number of carbonyl (C=O) groups excluding carboxylic acids is 1. The summed E-state index contributed by atoms with van der Waals surface area (Å²) < 4.78 is 0. The highest BCUT2D eigenvalue weighted by molar-refractivity contribution is 6.31. The third-order valence-corrected chi connectivity index (χ3v) is 2.22. The van der Waals surface area contributed by atoms with Crippen LogP contribution in [0.3, 0.4) is 0 Å². The van der Waals surface area contributed by atoms with Gasteiger partial charge in [0.1, 0.15) is 0 Å². The predicted molar refractivity (Wildman–Crippen MR) is 61.6 cm³/mol. The molecule has 4 nitrogen and oxygen atoms in total. The topological polar surface area (TPSA) is 66.4 Å². The average molecular weight is 240 g/mol. The Bertz CT molecular complexity index is 455. The van der Waals surface area contributed by atoms with Crippen molar-refractivity contribution in [1.29, 1.82) is 0 Å². The Morgan fingerprint density at radius 1 is 1.38 bits per heavy atom. The van der Waals surface area contributed by atoms with Crippen molar-refractivity contribution in [2.24, 2.45) is 0 Å². The van der Waals surface area contributed by atoms with Crippen LogP contribution in [0.4, 0.5) is 5.69 Å². The van der Waals surface area contributed by atoms with E-state index in [0.29, 0.717) is 10.7 Å². The van der Waals surface area contributed by atoms with Crippen LogP contribution in [0.1, 0.15) is 5.56 Å². The minimum absolute atomic E-state index is 0.512. The first-order valence-corrected chi connectivity index (χ1v) is 4.85. The van der Waals surface area contributed by atoms with Crippen molar-refractivity contribution in [3.63, 3.8) is 0 Å². The molecule has 1 amide bonds. The van der Waals surface area contributed by atoms with Gasteiger partial charge in [-0.3, -0.25) is 4.79 Å². The summed E-state index contributed by atoms with van der Waals surface area (Å²) in [6.07, 6.45) is 1.71. The minimum Gasteiger partial charge on any atom is -0.478 e. The number of hydrogen-bond acceptors (Lipinski definition) is 2. The predicted octanol–water partition coefficient (Wildman–Crippen LogP) is 2.23. The van der Waals surface area contributed by atoms with E-state index >= 15 is 0 Å². The van der Waals surface area contributed by atoms with E-state index in [2.05, 4.69) is 5.32 Å². The maximum atomic E-state index is 11.2. The zero-order chi connectivity index (χ0) is 12.1. The van der Waals surface area contributed by atoms with Crippen molar-refractivity contribution in [3.8, 4) is 0 Å². The van der Waals surface area contributed by atoms with Crippen molar-refractivity contribution >= 4 is 29.2 Å². The number of halogens is 1. The second-order valence-electron chi connectivity index (χ2n) is 3.12.